The second kappa shape index (κ2) is 3.94. The summed E-state index contributed by atoms with van der Waals surface area (Å²) in [6.07, 6.45) is 0. The van der Waals surface area contributed by atoms with Gasteiger partial charge in [0.25, 0.3) is 0 Å². The molecule has 10 nitrogen and oxygen atoms in total. The van der Waals surface area contributed by atoms with E-state index in [1.807, 2.05) is 0 Å². The average Bonchev–Trinajstić information content (AvgIpc) is 1.79. The van der Waals surface area contributed by atoms with Gasteiger partial charge < -0.3 is 0 Å². The summed E-state index contributed by atoms with van der Waals surface area (Å²) >= 11 is 0. The maximum Gasteiger partial charge on any atom is 0.370 e. The van der Waals surface area contributed by atoms with Crippen LogP contribution in [0.3, 0.4) is 0 Å². The molecule has 0 saturated heterocycles. The van der Waals surface area contributed by atoms with Crippen molar-refractivity contribution in [2.45, 2.75) is 0 Å². The average molecular weight is 152 g/mol. The van der Waals surface area contributed by atoms with Gasteiger partial charge in [-0.1, -0.05) is 0 Å². The monoisotopic (exact) mass is 152 g/mol. The van der Waals surface area contributed by atoms with Crippen molar-refractivity contribution in [1.29, 1.82) is 0 Å². The van der Waals surface area contributed by atoms with Gasteiger partial charge in [0.05, 0.1) is 0 Å². The second-order valence-electron chi connectivity index (χ2n) is 0.774. The molecule has 0 fully saturated rings. The highest BCUT2D eigenvalue weighted by Gasteiger charge is 1.96. The molecule has 0 bridgehead atoms. The number of hydrogen-bond donors (Lipinski definition) is 0. The summed E-state index contributed by atoms with van der Waals surface area (Å²) in [6, 6.07) is 0. The van der Waals surface area contributed by atoms with Crippen molar-refractivity contribution >= 4 is 0 Å². The quantitative estimate of drug-likeness (QED) is 0.308. The van der Waals surface area contributed by atoms with E-state index in [0.717, 1.165) is 0 Å². The van der Waals surface area contributed by atoms with Crippen molar-refractivity contribution in [1.82, 2.24) is 0 Å². The van der Waals surface area contributed by atoms with Gasteiger partial charge in [0.15, 0.2) is 10.2 Å². The fourth-order valence-electron chi connectivity index (χ4n) is 0.0894. The maximum atomic E-state index is 9.25. The molecule has 10 heavy (non-hydrogen) atoms. The van der Waals surface area contributed by atoms with Gasteiger partial charge in [-0.25, -0.2) is 20.2 Å². The van der Waals surface area contributed by atoms with E-state index in [2.05, 4.69) is 20.4 Å². The van der Waals surface area contributed by atoms with Crippen molar-refractivity contribution < 1.29 is 20.0 Å². The van der Waals surface area contributed by atoms with Crippen molar-refractivity contribution in [2.24, 2.45) is 10.6 Å². The van der Waals surface area contributed by atoms with E-state index >= 15 is 0 Å². The Balaban J connectivity index is 3.38. The molecule has 0 N–H and O–H groups in total. The molecule has 0 atom stereocenters. The first-order chi connectivity index (χ1) is 4.63. The summed E-state index contributed by atoms with van der Waals surface area (Å²) in [7, 11) is 0. The van der Waals surface area contributed by atoms with Crippen LogP contribution < -0.4 is 0 Å². The minimum atomic E-state index is -1.31. The Morgan fingerprint density at radius 2 is 1.30 bits per heavy atom. The van der Waals surface area contributed by atoms with Gasteiger partial charge in [0.1, 0.15) is 0 Å². The van der Waals surface area contributed by atoms with Crippen LogP contribution in [0.5, 0.6) is 0 Å². The molecule has 10 heteroatoms. The maximum absolute atomic E-state index is 9.25. The van der Waals surface area contributed by atoms with Crippen molar-refractivity contribution in [3.05, 3.63) is 20.2 Å². The summed E-state index contributed by atoms with van der Waals surface area (Å²) < 4.78 is 0. The van der Waals surface area contributed by atoms with Gasteiger partial charge >= 0.3 is 10.6 Å². The van der Waals surface area contributed by atoms with Gasteiger partial charge in [-0.05, 0) is 0 Å². The van der Waals surface area contributed by atoms with Gasteiger partial charge in [-0.3, -0.25) is 0 Å². The van der Waals surface area contributed by atoms with Crippen LogP contribution in [0.15, 0.2) is 10.6 Å². The first-order valence-corrected chi connectivity index (χ1v) is 1.66. The second-order valence-corrected chi connectivity index (χ2v) is 0.774. The predicted octanol–water partition coefficient (Wildman–Crippen LogP) is -0.315. The normalized spacial score (nSPS) is 9.20. The first kappa shape index (κ1) is 8.00. The molecule has 0 spiro atoms. The molecule has 0 aliphatic carbocycles. The summed E-state index contributed by atoms with van der Waals surface area (Å²) in [4.78, 5) is 24.8. The van der Waals surface area contributed by atoms with E-state index in [0.29, 0.717) is 0 Å². The molecule has 0 radical (unpaired) electrons. The van der Waals surface area contributed by atoms with Crippen LogP contribution in [0.25, 0.3) is 0 Å². The topological polar surface area (TPSA) is 129 Å². The molecule has 0 aliphatic heterocycles. The zero-order valence-electron chi connectivity index (χ0n) is 4.24. The Morgan fingerprint density at radius 1 is 1.00 bits per heavy atom. The molecule has 0 aromatic heterocycles. The Labute approximate surface area is 52.2 Å². The fraction of sp³-hybridized carbons (Fsp3) is 0. The summed E-state index contributed by atoms with van der Waals surface area (Å²) in [5.74, 6) is 0. The van der Waals surface area contributed by atoms with Gasteiger partial charge in [0, 0.05) is 0 Å². The van der Waals surface area contributed by atoms with E-state index in [9.17, 15) is 20.2 Å². The Morgan fingerprint density at radius 3 is 1.50 bits per heavy atom. The molecule has 0 amide bonds. The van der Waals surface area contributed by atoms with Crippen molar-refractivity contribution in [3.63, 3.8) is 0 Å². The fourth-order valence-corrected chi connectivity index (χ4v) is 0.0894. The Bertz CT molecular complexity index is 141. The largest absolute Gasteiger partial charge is 0.370 e. The van der Waals surface area contributed by atoms with Crippen LogP contribution in [0.2, 0.25) is 0 Å². The van der Waals surface area contributed by atoms with Gasteiger partial charge in [-0.2, -0.15) is 0 Å². The van der Waals surface area contributed by atoms with Crippen LogP contribution in [-0.2, 0) is 9.88 Å². The van der Waals surface area contributed by atoms with Crippen LogP contribution >= 0.6 is 0 Å². The van der Waals surface area contributed by atoms with E-state index in [1.54, 1.807) is 0 Å². The van der Waals surface area contributed by atoms with Gasteiger partial charge in [-0.15, -0.1) is 9.88 Å². The lowest BCUT2D eigenvalue weighted by atomic mass is 12.8. The summed E-state index contributed by atoms with van der Waals surface area (Å²) in [5.41, 5.74) is 0. The van der Waals surface area contributed by atoms with Crippen LogP contribution in [0.1, 0.15) is 0 Å². The molecule has 0 rings (SSSR count). The predicted molar refractivity (Wildman–Crippen MR) is 21.0 cm³/mol. The highest BCUT2D eigenvalue weighted by molar-refractivity contribution is 3.89. The van der Waals surface area contributed by atoms with E-state index < -0.39 is 10.2 Å². The number of rotatable bonds is 4. The molecular formula is N4O6. The molecule has 0 unspecified atom stereocenters. The summed E-state index contributed by atoms with van der Waals surface area (Å²) in [6.45, 7) is 0. The van der Waals surface area contributed by atoms with Crippen molar-refractivity contribution in [3.8, 4) is 0 Å². The van der Waals surface area contributed by atoms with E-state index in [4.69, 9.17) is 0 Å². The SMILES string of the molecule is O=[N+]([O-])ON=NO[N+](=O)[O-]. The third-order valence-electron chi connectivity index (χ3n) is 0.240. The number of hydrogen-bond acceptors (Lipinski definition) is 8. The Kier molecular flexibility index (Phi) is 3.15. The zero-order valence-corrected chi connectivity index (χ0v) is 4.24. The van der Waals surface area contributed by atoms with Crippen LogP contribution in [-0.4, -0.2) is 10.2 Å². The molecule has 0 aliphatic rings. The third-order valence-corrected chi connectivity index (χ3v) is 0.240. The molecule has 0 aromatic rings. The smallest absolute Gasteiger partial charge is 0.218 e. The standard InChI is InChI=1S/N4O6/c5-3(6)9-1-2-10-4(7)8. The number of nitrogens with zero attached hydrogens (tertiary/aromatic N) is 4. The van der Waals surface area contributed by atoms with Crippen LogP contribution in [0, 0.1) is 20.2 Å². The molecule has 0 saturated carbocycles. The lowest BCUT2D eigenvalue weighted by Gasteiger charge is -1.79. The van der Waals surface area contributed by atoms with E-state index in [-0.39, 0.29) is 0 Å². The first-order valence-electron chi connectivity index (χ1n) is 1.66. The highest BCUT2D eigenvalue weighted by atomic mass is 17.1. The van der Waals surface area contributed by atoms with Gasteiger partial charge in [0.2, 0.25) is 0 Å². The molecular weight excluding hydrogens is 152 g/mol. The van der Waals surface area contributed by atoms with Crippen molar-refractivity contribution in [2.75, 3.05) is 0 Å². The lowest BCUT2D eigenvalue weighted by Crippen LogP contribution is -1.95. The lowest BCUT2D eigenvalue weighted by molar-refractivity contribution is -0.782. The minimum Gasteiger partial charge on any atom is -0.218 e. The minimum absolute atomic E-state index is 1.31. The molecule has 56 valence electrons. The zero-order chi connectivity index (χ0) is 7.98. The molecule has 0 aromatic carbocycles. The van der Waals surface area contributed by atoms with Crippen LogP contribution in [0.4, 0.5) is 0 Å². The van der Waals surface area contributed by atoms with E-state index in [1.165, 1.54) is 0 Å². The summed E-state index contributed by atoms with van der Waals surface area (Å²) in [5, 5.41) is 20.2. The Hall–Kier alpha value is -2.00. The molecule has 0 heterocycles. The highest BCUT2D eigenvalue weighted by Crippen LogP contribution is 1.81. The third kappa shape index (κ3) is 6.00.